The maximum absolute atomic E-state index is 12.0. The minimum atomic E-state index is -4.38. The van der Waals surface area contributed by atoms with Gasteiger partial charge in [0.2, 0.25) is 0 Å². The number of imidazole rings is 1. The number of hydrogen-bond acceptors (Lipinski definition) is 1. The number of alkyl halides is 3. The molecular weight excluding hydrogens is 169 g/mol. The molecule has 12 heavy (non-hydrogen) atoms. The zero-order chi connectivity index (χ0) is 9.35. The summed E-state index contributed by atoms with van der Waals surface area (Å²) in [7, 11) is 1.49. The Morgan fingerprint density at radius 3 is 2.42 bits per heavy atom. The topological polar surface area (TPSA) is 17.8 Å². The summed E-state index contributed by atoms with van der Waals surface area (Å²) in [5.41, 5.74) is -0.889. The molecule has 0 aromatic carbocycles. The molecule has 0 N–H and O–H groups in total. The average Bonchev–Trinajstić information content (AvgIpc) is 2.29. The number of aryl methyl sites for hydroxylation is 1. The van der Waals surface area contributed by atoms with Crippen LogP contribution in [0.2, 0.25) is 0 Å². The van der Waals surface area contributed by atoms with Crippen LogP contribution in [0.5, 0.6) is 0 Å². The van der Waals surface area contributed by atoms with Crippen LogP contribution in [0.25, 0.3) is 6.08 Å². The first-order chi connectivity index (χ1) is 5.45. The molecule has 0 unspecified atom stereocenters. The fourth-order valence-electron chi connectivity index (χ4n) is 0.807. The highest BCUT2D eigenvalue weighted by Crippen LogP contribution is 2.28. The van der Waals surface area contributed by atoms with Crippen LogP contribution in [0.1, 0.15) is 11.5 Å². The number of nitrogens with zero attached hydrogens (tertiary/aromatic N) is 2. The van der Waals surface area contributed by atoms with Gasteiger partial charge in [0.25, 0.3) is 0 Å². The summed E-state index contributed by atoms with van der Waals surface area (Å²) < 4.78 is 37.3. The van der Waals surface area contributed by atoms with Gasteiger partial charge in [0.15, 0.2) is 5.69 Å². The van der Waals surface area contributed by atoms with Gasteiger partial charge in [0.05, 0.1) is 0 Å². The molecule has 0 aliphatic rings. The third kappa shape index (κ3) is 1.49. The first kappa shape index (κ1) is 8.83. The summed E-state index contributed by atoms with van der Waals surface area (Å²) in [5, 5.41) is 0. The predicted octanol–water partition coefficient (Wildman–Crippen LogP) is 2.08. The van der Waals surface area contributed by atoms with E-state index in [1.54, 1.807) is 0 Å². The molecule has 1 aromatic rings. The van der Waals surface area contributed by atoms with E-state index in [0.29, 0.717) is 0 Å². The minimum absolute atomic E-state index is 0.210. The number of aromatic nitrogens is 2. The van der Waals surface area contributed by atoms with Gasteiger partial charge in [-0.2, -0.15) is 13.2 Å². The van der Waals surface area contributed by atoms with Gasteiger partial charge in [0.1, 0.15) is 5.82 Å². The van der Waals surface area contributed by atoms with E-state index in [-0.39, 0.29) is 5.82 Å². The van der Waals surface area contributed by atoms with Gasteiger partial charge in [-0.1, -0.05) is 6.58 Å². The van der Waals surface area contributed by atoms with Crippen molar-refractivity contribution in [3.05, 3.63) is 24.3 Å². The van der Waals surface area contributed by atoms with Crippen molar-refractivity contribution >= 4 is 6.08 Å². The Balaban J connectivity index is 3.13. The Bertz CT molecular complexity index is 298. The van der Waals surface area contributed by atoms with Crippen LogP contribution < -0.4 is 0 Å². The summed E-state index contributed by atoms with van der Waals surface area (Å²) in [6.45, 7) is 3.34. The summed E-state index contributed by atoms with van der Waals surface area (Å²) >= 11 is 0. The maximum Gasteiger partial charge on any atom is 0.434 e. The minimum Gasteiger partial charge on any atom is -0.334 e. The maximum atomic E-state index is 12.0. The van der Waals surface area contributed by atoms with E-state index in [1.807, 2.05) is 0 Å². The van der Waals surface area contributed by atoms with Crippen LogP contribution in [-0.2, 0) is 13.2 Å². The molecule has 5 heteroatoms. The van der Waals surface area contributed by atoms with Gasteiger partial charge in [0, 0.05) is 13.2 Å². The van der Waals surface area contributed by atoms with Crippen molar-refractivity contribution in [3.8, 4) is 0 Å². The van der Waals surface area contributed by atoms with E-state index in [0.717, 1.165) is 6.20 Å². The van der Waals surface area contributed by atoms with E-state index >= 15 is 0 Å². The lowest BCUT2D eigenvalue weighted by molar-refractivity contribution is -0.140. The molecule has 0 amide bonds. The number of rotatable bonds is 1. The Labute approximate surface area is 67.3 Å². The molecule has 0 saturated carbocycles. The summed E-state index contributed by atoms with van der Waals surface area (Å²) in [6.07, 6.45) is -2.18. The average molecular weight is 176 g/mol. The van der Waals surface area contributed by atoms with Crippen molar-refractivity contribution < 1.29 is 13.2 Å². The molecule has 1 heterocycles. The third-order valence-corrected chi connectivity index (χ3v) is 1.39. The summed E-state index contributed by atoms with van der Waals surface area (Å²) in [4.78, 5) is 3.32. The van der Waals surface area contributed by atoms with E-state index in [2.05, 4.69) is 11.6 Å². The van der Waals surface area contributed by atoms with Gasteiger partial charge in [-0.3, -0.25) is 0 Å². The molecule has 0 spiro atoms. The fourth-order valence-corrected chi connectivity index (χ4v) is 0.807. The molecule has 0 aliphatic carbocycles. The van der Waals surface area contributed by atoms with Gasteiger partial charge in [-0.15, -0.1) is 0 Å². The smallest absolute Gasteiger partial charge is 0.334 e. The zero-order valence-corrected chi connectivity index (χ0v) is 6.39. The van der Waals surface area contributed by atoms with Crippen molar-refractivity contribution in [2.75, 3.05) is 0 Å². The Hall–Kier alpha value is -1.26. The fraction of sp³-hybridized carbons (Fsp3) is 0.286. The van der Waals surface area contributed by atoms with Crippen molar-refractivity contribution in [3.63, 3.8) is 0 Å². The molecule has 1 aromatic heterocycles. The van der Waals surface area contributed by atoms with Crippen molar-refractivity contribution in [1.82, 2.24) is 9.55 Å². The van der Waals surface area contributed by atoms with Gasteiger partial charge in [-0.05, 0) is 6.08 Å². The highest BCUT2D eigenvalue weighted by atomic mass is 19.4. The molecule has 1 rings (SSSR count). The summed E-state index contributed by atoms with van der Waals surface area (Å²) in [5.74, 6) is 0.210. The van der Waals surface area contributed by atoms with Crippen LogP contribution in [0.3, 0.4) is 0 Å². The van der Waals surface area contributed by atoms with Gasteiger partial charge >= 0.3 is 6.18 Å². The molecule has 0 bridgehead atoms. The van der Waals surface area contributed by atoms with Crippen molar-refractivity contribution in [2.24, 2.45) is 7.05 Å². The van der Waals surface area contributed by atoms with Gasteiger partial charge in [-0.25, -0.2) is 4.98 Å². The predicted molar refractivity (Wildman–Crippen MR) is 38.3 cm³/mol. The number of halogens is 3. The van der Waals surface area contributed by atoms with Crippen molar-refractivity contribution in [2.45, 2.75) is 6.18 Å². The standard InChI is InChI=1S/C7H7F3N2/c1-3-6-11-5(4-12(6)2)7(8,9)10/h3-4H,1H2,2H3. The molecule has 66 valence electrons. The Morgan fingerprint density at radius 2 is 2.17 bits per heavy atom. The highest BCUT2D eigenvalue weighted by molar-refractivity contribution is 5.37. The van der Waals surface area contributed by atoms with E-state index in [9.17, 15) is 13.2 Å². The van der Waals surface area contributed by atoms with Crippen LogP contribution in [0.15, 0.2) is 12.8 Å². The molecular formula is C7H7F3N2. The highest BCUT2D eigenvalue weighted by Gasteiger charge is 2.33. The second-order valence-electron chi connectivity index (χ2n) is 2.30. The lowest BCUT2D eigenvalue weighted by atomic mass is 10.5. The lowest BCUT2D eigenvalue weighted by Crippen LogP contribution is -2.04. The monoisotopic (exact) mass is 176 g/mol. The molecule has 0 fully saturated rings. The number of hydrogen-bond donors (Lipinski definition) is 0. The Morgan fingerprint density at radius 1 is 1.58 bits per heavy atom. The van der Waals surface area contributed by atoms with Crippen LogP contribution in [0, 0.1) is 0 Å². The molecule has 0 aliphatic heterocycles. The van der Waals surface area contributed by atoms with Gasteiger partial charge < -0.3 is 4.57 Å². The first-order valence-electron chi connectivity index (χ1n) is 3.18. The van der Waals surface area contributed by atoms with E-state index in [1.165, 1.54) is 17.7 Å². The second kappa shape index (κ2) is 2.66. The third-order valence-electron chi connectivity index (χ3n) is 1.39. The molecule has 2 nitrogen and oxygen atoms in total. The lowest BCUT2D eigenvalue weighted by Gasteiger charge is -1.98. The molecule has 0 atom stereocenters. The Kier molecular flexibility index (Phi) is 1.95. The van der Waals surface area contributed by atoms with E-state index < -0.39 is 11.9 Å². The molecule has 0 saturated heterocycles. The normalized spacial score (nSPS) is 11.7. The summed E-state index contributed by atoms with van der Waals surface area (Å²) in [6, 6.07) is 0. The van der Waals surface area contributed by atoms with E-state index in [4.69, 9.17) is 0 Å². The largest absolute Gasteiger partial charge is 0.434 e. The quantitative estimate of drug-likeness (QED) is 0.640. The van der Waals surface area contributed by atoms with Crippen LogP contribution in [0.4, 0.5) is 13.2 Å². The molecule has 0 radical (unpaired) electrons. The first-order valence-corrected chi connectivity index (χ1v) is 3.18. The van der Waals surface area contributed by atoms with Crippen molar-refractivity contribution in [1.29, 1.82) is 0 Å². The van der Waals surface area contributed by atoms with Crippen LogP contribution in [-0.4, -0.2) is 9.55 Å². The second-order valence-corrected chi connectivity index (χ2v) is 2.30. The van der Waals surface area contributed by atoms with Crippen LogP contribution >= 0.6 is 0 Å². The SMILES string of the molecule is C=Cc1nc(C(F)(F)F)cn1C. The zero-order valence-electron chi connectivity index (χ0n) is 6.39.